The van der Waals surface area contributed by atoms with Crippen LogP contribution in [0, 0.1) is 11.8 Å². The number of nitrogens with zero attached hydrogens (tertiary/aromatic N) is 5. The first kappa shape index (κ1) is 26.9. The lowest BCUT2D eigenvalue weighted by Gasteiger charge is -2.32. The monoisotopic (exact) mass is 555 g/mol. The predicted molar refractivity (Wildman–Crippen MR) is 123 cm³/mol. The quantitative estimate of drug-likeness (QED) is 0.379. The molecule has 2 fully saturated rings. The molecule has 39 heavy (non-hydrogen) atoms. The minimum absolute atomic E-state index is 0.0644. The molecule has 0 aliphatic heterocycles. The first-order valence-electron chi connectivity index (χ1n) is 12.6. The van der Waals surface area contributed by atoms with E-state index in [1.54, 1.807) is 12.3 Å². The van der Waals surface area contributed by atoms with Gasteiger partial charge in [0.05, 0.1) is 36.5 Å². The van der Waals surface area contributed by atoms with Crippen molar-refractivity contribution in [3.8, 4) is 0 Å². The Balaban J connectivity index is 1.44. The summed E-state index contributed by atoms with van der Waals surface area (Å²) in [6.07, 6.45) is -2.00. The third-order valence-corrected chi connectivity index (χ3v) is 7.36. The number of halogens is 5. The highest BCUT2D eigenvalue weighted by atomic mass is 19.4. The molecule has 3 aromatic rings. The number of hydrogen-bond donors (Lipinski definition) is 2. The number of carbonyl (C=O) groups excluding carboxylic acids is 2. The Morgan fingerprint density at radius 2 is 1.87 bits per heavy atom. The number of amides is 2. The molecule has 0 radical (unpaired) electrons. The number of hydrogen-bond acceptors (Lipinski definition) is 7. The van der Waals surface area contributed by atoms with Crippen molar-refractivity contribution in [2.75, 3.05) is 0 Å². The molecule has 2 aliphatic rings. The fourth-order valence-corrected chi connectivity index (χ4v) is 5.20. The Labute approximate surface area is 218 Å². The van der Waals surface area contributed by atoms with Crippen LogP contribution < -0.4 is 11.1 Å². The number of aromatic nitrogens is 5. The second-order valence-corrected chi connectivity index (χ2v) is 10.3. The molecule has 0 aromatic carbocycles. The van der Waals surface area contributed by atoms with E-state index in [9.17, 15) is 31.5 Å². The van der Waals surface area contributed by atoms with E-state index in [1.807, 2.05) is 0 Å². The number of nitrogens with one attached hydrogen (secondary N) is 1. The lowest BCUT2D eigenvalue weighted by molar-refractivity contribution is -0.144. The first-order valence-corrected chi connectivity index (χ1v) is 12.6. The Morgan fingerprint density at radius 3 is 2.51 bits per heavy atom. The lowest BCUT2D eigenvalue weighted by Crippen LogP contribution is -2.30. The van der Waals surface area contributed by atoms with Gasteiger partial charge < -0.3 is 11.1 Å². The molecule has 0 bridgehead atoms. The molecule has 2 saturated carbocycles. The van der Waals surface area contributed by atoms with E-state index in [0.717, 1.165) is 12.8 Å². The van der Waals surface area contributed by atoms with Gasteiger partial charge in [-0.2, -0.15) is 18.3 Å². The van der Waals surface area contributed by atoms with Gasteiger partial charge in [-0.05, 0) is 54.3 Å². The Bertz CT molecular complexity index is 1360. The third kappa shape index (κ3) is 6.17. The zero-order valence-electron chi connectivity index (χ0n) is 20.6. The van der Waals surface area contributed by atoms with Crippen LogP contribution in [-0.2, 0) is 4.79 Å². The molecule has 2 aliphatic carbocycles. The van der Waals surface area contributed by atoms with Crippen molar-refractivity contribution in [1.82, 2.24) is 30.2 Å². The molecule has 210 valence electrons. The molecule has 3 aromatic heterocycles. The molecular weight excluding hydrogens is 529 g/mol. The minimum atomic E-state index is -4.43. The van der Waals surface area contributed by atoms with E-state index in [-0.39, 0.29) is 48.9 Å². The average molecular weight is 556 g/mol. The predicted octanol–water partition coefficient (Wildman–Crippen LogP) is 4.08. The van der Waals surface area contributed by atoms with Gasteiger partial charge in [0.2, 0.25) is 11.8 Å². The molecule has 5 rings (SSSR count). The zero-order valence-corrected chi connectivity index (χ0v) is 20.6. The van der Waals surface area contributed by atoms with Crippen LogP contribution in [0.3, 0.4) is 0 Å². The van der Waals surface area contributed by atoms with Gasteiger partial charge in [0.15, 0.2) is 11.3 Å². The van der Waals surface area contributed by atoms with Gasteiger partial charge in [0.25, 0.3) is 5.91 Å². The maximum absolute atomic E-state index is 13.9. The number of nitrogens with two attached hydrogens (primary N) is 1. The fraction of sp³-hybridized carbons (Fsp3) is 0.583. The highest BCUT2D eigenvalue weighted by Gasteiger charge is 2.42. The van der Waals surface area contributed by atoms with Gasteiger partial charge in [-0.1, -0.05) is 5.16 Å². The molecule has 0 spiro atoms. The maximum Gasteiger partial charge on any atom is 0.389 e. The first-order chi connectivity index (χ1) is 18.4. The summed E-state index contributed by atoms with van der Waals surface area (Å²) in [4.78, 5) is 28.8. The van der Waals surface area contributed by atoms with E-state index in [4.69, 9.17) is 10.4 Å². The van der Waals surface area contributed by atoms with Crippen LogP contribution in [0.4, 0.5) is 22.0 Å². The van der Waals surface area contributed by atoms with Gasteiger partial charge in [0, 0.05) is 19.3 Å². The number of rotatable bonds is 9. The topological polar surface area (TPSA) is 141 Å². The summed E-state index contributed by atoms with van der Waals surface area (Å²) in [6.45, 7) is 0. The van der Waals surface area contributed by atoms with Crippen molar-refractivity contribution < 1.29 is 36.2 Å². The second-order valence-electron chi connectivity index (χ2n) is 10.3. The van der Waals surface area contributed by atoms with Crippen LogP contribution in [0.15, 0.2) is 23.1 Å². The molecule has 3 heterocycles. The SMILES string of the molecule is NC(=O)c1nonc1[C@H](c1cn2ncc([C@H](NC(=O)CCC(F)(F)F)C3CC3)cc2n1)C1CCC(F)(F)CC1. The van der Waals surface area contributed by atoms with E-state index < -0.39 is 48.7 Å². The molecule has 2 amide bonds. The Morgan fingerprint density at radius 1 is 1.15 bits per heavy atom. The van der Waals surface area contributed by atoms with E-state index in [0.29, 0.717) is 16.9 Å². The van der Waals surface area contributed by atoms with E-state index in [1.165, 1.54) is 10.7 Å². The molecule has 3 N–H and O–H groups in total. The smallest absolute Gasteiger partial charge is 0.364 e. The van der Waals surface area contributed by atoms with Crippen LogP contribution in [0.5, 0.6) is 0 Å². The van der Waals surface area contributed by atoms with Gasteiger partial charge in [-0.3, -0.25) is 9.59 Å². The number of primary amides is 1. The fourth-order valence-electron chi connectivity index (χ4n) is 5.20. The highest BCUT2D eigenvalue weighted by molar-refractivity contribution is 5.91. The minimum Gasteiger partial charge on any atom is -0.364 e. The van der Waals surface area contributed by atoms with Crippen molar-refractivity contribution >= 4 is 17.5 Å². The molecule has 2 atom stereocenters. The van der Waals surface area contributed by atoms with Crippen molar-refractivity contribution in [2.24, 2.45) is 17.6 Å². The van der Waals surface area contributed by atoms with Crippen LogP contribution in [0.1, 0.15) is 90.8 Å². The standard InChI is InChI=1S/C24H26F5N7O3/c25-23(26)6-3-12(4-7-23)18(20-21(22(30)38)35-39-34-20)15-11-36-16(32-15)9-14(10-31-36)19(13-1-2-13)33-17(37)5-8-24(27,28)29/h9-13,18-19H,1-8H2,(H2,30,38)(H,33,37)/t18-,19+/m0/s1. The number of imidazole rings is 1. The summed E-state index contributed by atoms with van der Waals surface area (Å²) < 4.78 is 71.7. The van der Waals surface area contributed by atoms with Crippen LogP contribution in [-0.4, -0.2) is 48.8 Å². The molecule has 10 nitrogen and oxygen atoms in total. The summed E-state index contributed by atoms with van der Waals surface area (Å²) in [5, 5.41) is 14.5. The summed E-state index contributed by atoms with van der Waals surface area (Å²) >= 11 is 0. The largest absolute Gasteiger partial charge is 0.389 e. The summed E-state index contributed by atoms with van der Waals surface area (Å²) in [6, 6.07) is 1.15. The summed E-state index contributed by atoms with van der Waals surface area (Å²) in [5.41, 5.74) is 6.67. The number of alkyl halides is 5. The zero-order chi connectivity index (χ0) is 27.9. The van der Waals surface area contributed by atoms with Gasteiger partial charge in [0.1, 0.15) is 5.69 Å². The van der Waals surface area contributed by atoms with Crippen LogP contribution in [0.2, 0.25) is 0 Å². The molecule has 0 saturated heterocycles. The molecule has 0 unspecified atom stereocenters. The second kappa shape index (κ2) is 10.2. The van der Waals surface area contributed by atoms with Gasteiger partial charge in [-0.15, -0.1) is 0 Å². The average Bonchev–Trinajstić information content (AvgIpc) is 3.43. The highest BCUT2D eigenvalue weighted by Crippen LogP contribution is 2.45. The van der Waals surface area contributed by atoms with Crippen molar-refractivity contribution in [2.45, 2.75) is 75.4 Å². The third-order valence-electron chi connectivity index (χ3n) is 7.36. The van der Waals surface area contributed by atoms with Crippen molar-refractivity contribution in [3.63, 3.8) is 0 Å². The van der Waals surface area contributed by atoms with Crippen LogP contribution >= 0.6 is 0 Å². The van der Waals surface area contributed by atoms with E-state index in [2.05, 4.69) is 25.7 Å². The van der Waals surface area contributed by atoms with Crippen LogP contribution in [0.25, 0.3) is 5.65 Å². The number of carbonyl (C=O) groups is 2. The normalized spacial score (nSPS) is 19.6. The Hall–Kier alpha value is -3.65. The molecular formula is C24H26F5N7O3. The Kier molecular flexibility index (Phi) is 7.01. The maximum atomic E-state index is 13.9. The molecule has 15 heteroatoms. The van der Waals surface area contributed by atoms with Crippen molar-refractivity contribution in [3.05, 3.63) is 41.1 Å². The lowest BCUT2D eigenvalue weighted by atomic mass is 9.75. The van der Waals surface area contributed by atoms with Gasteiger partial charge >= 0.3 is 6.18 Å². The van der Waals surface area contributed by atoms with E-state index >= 15 is 0 Å². The summed E-state index contributed by atoms with van der Waals surface area (Å²) in [7, 11) is 0. The number of fused-ring (bicyclic) bond motifs is 1. The van der Waals surface area contributed by atoms with Crippen molar-refractivity contribution in [1.29, 1.82) is 0 Å². The van der Waals surface area contributed by atoms with Gasteiger partial charge in [-0.25, -0.2) is 22.9 Å². The summed E-state index contributed by atoms with van der Waals surface area (Å²) in [5.74, 6) is -5.38.